The van der Waals surface area contributed by atoms with Gasteiger partial charge < -0.3 is 14.0 Å². The first kappa shape index (κ1) is 20.6. The smallest absolute Gasteiger partial charge is 0.120 e. The number of aromatic nitrogens is 2. The van der Waals surface area contributed by atoms with Crippen LogP contribution in [-0.4, -0.2) is 23.3 Å². The lowest BCUT2D eigenvalue weighted by atomic mass is 10.3. The van der Waals surface area contributed by atoms with E-state index in [1.807, 2.05) is 54.6 Å². The van der Waals surface area contributed by atoms with E-state index in [9.17, 15) is 0 Å². The van der Waals surface area contributed by atoms with Crippen molar-refractivity contribution in [1.29, 1.82) is 0 Å². The summed E-state index contributed by atoms with van der Waals surface area (Å²) in [5.74, 6) is 3.55. The zero-order valence-electron chi connectivity index (χ0n) is 16.8. The highest BCUT2D eigenvalue weighted by Gasteiger charge is 2.11. The molecule has 0 bridgehead atoms. The van der Waals surface area contributed by atoms with Gasteiger partial charge in [0.15, 0.2) is 0 Å². The number of nitrogens with zero attached hydrogens (tertiary/aromatic N) is 2. The van der Waals surface area contributed by atoms with Crippen molar-refractivity contribution in [1.82, 2.24) is 9.55 Å². The summed E-state index contributed by atoms with van der Waals surface area (Å²) in [6.45, 7) is 1.50. The van der Waals surface area contributed by atoms with Crippen LogP contribution in [0.3, 0.4) is 0 Å². The molecule has 4 rings (SSSR count). The fourth-order valence-corrected chi connectivity index (χ4v) is 4.22. The summed E-state index contributed by atoms with van der Waals surface area (Å²) in [6.07, 6.45) is 0.894. The summed E-state index contributed by atoms with van der Waals surface area (Å²) in [6, 6.07) is 23.9. The molecule has 0 N–H and O–H groups in total. The second kappa shape index (κ2) is 9.92. The van der Waals surface area contributed by atoms with E-state index in [2.05, 4.69) is 22.8 Å². The van der Waals surface area contributed by atoms with Crippen LogP contribution in [0, 0.1) is 0 Å². The van der Waals surface area contributed by atoms with Crippen molar-refractivity contribution < 1.29 is 9.47 Å². The molecule has 0 aliphatic carbocycles. The molecule has 0 spiro atoms. The lowest BCUT2D eigenvalue weighted by Crippen LogP contribution is -2.07. The minimum atomic E-state index is 0.641. The molecule has 0 unspecified atom stereocenters. The average Bonchev–Trinajstić information content (AvgIpc) is 3.14. The van der Waals surface area contributed by atoms with Crippen LogP contribution in [0.4, 0.5) is 0 Å². The predicted molar refractivity (Wildman–Crippen MR) is 124 cm³/mol. The molecule has 30 heavy (non-hydrogen) atoms. The molecule has 3 aromatic carbocycles. The minimum absolute atomic E-state index is 0.641. The third-order valence-corrected chi connectivity index (χ3v) is 6.03. The normalized spacial score (nSPS) is 11.0. The molecular formula is C24H23ClN2O2S. The Bertz CT molecular complexity index is 1090. The SMILES string of the molecule is COc1ccc(OCCCn2c(CSc3ccc(Cl)cc3)nc3ccccc32)cc1. The van der Waals surface area contributed by atoms with Gasteiger partial charge in [-0.1, -0.05) is 23.7 Å². The number of hydrogen-bond acceptors (Lipinski definition) is 4. The van der Waals surface area contributed by atoms with Crippen LogP contribution in [0.2, 0.25) is 5.02 Å². The molecule has 0 saturated heterocycles. The van der Waals surface area contributed by atoms with Crippen LogP contribution in [0.5, 0.6) is 11.5 Å². The van der Waals surface area contributed by atoms with Gasteiger partial charge in [0.25, 0.3) is 0 Å². The van der Waals surface area contributed by atoms with Crippen LogP contribution in [0.1, 0.15) is 12.2 Å². The Morgan fingerprint density at radius 1 is 0.933 bits per heavy atom. The van der Waals surface area contributed by atoms with E-state index in [-0.39, 0.29) is 0 Å². The van der Waals surface area contributed by atoms with Crippen molar-refractivity contribution in [2.75, 3.05) is 13.7 Å². The van der Waals surface area contributed by atoms with Gasteiger partial charge in [-0.2, -0.15) is 0 Å². The Hall–Kier alpha value is -2.63. The molecule has 0 aliphatic heterocycles. The first-order valence-corrected chi connectivity index (χ1v) is 11.2. The molecular weight excluding hydrogens is 416 g/mol. The lowest BCUT2D eigenvalue weighted by Gasteiger charge is -2.11. The maximum absolute atomic E-state index is 5.99. The highest BCUT2D eigenvalue weighted by atomic mass is 35.5. The summed E-state index contributed by atoms with van der Waals surface area (Å²) in [5, 5.41) is 0.753. The molecule has 0 saturated carbocycles. The molecule has 0 radical (unpaired) electrons. The molecule has 1 aromatic heterocycles. The van der Waals surface area contributed by atoms with Gasteiger partial charge in [0, 0.05) is 16.5 Å². The summed E-state index contributed by atoms with van der Waals surface area (Å²) >= 11 is 7.76. The first-order valence-electron chi connectivity index (χ1n) is 9.82. The van der Waals surface area contributed by atoms with Gasteiger partial charge in [-0.15, -0.1) is 11.8 Å². The van der Waals surface area contributed by atoms with Gasteiger partial charge in [0.1, 0.15) is 17.3 Å². The number of para-hydroxylation sites is 2. The fourth-order valence-electron chi connectivity index (χ4n) is 3.25. The van der Waals surface area contributed by atoms with Crippen LogP contribution in [0.15, 0.2) is 77.7 Å². The van der Waals surface area contributed by atoms with E-state index < -0.39 is 0 Å². The number of benzene rings is 3. The van der Waals surface area contributed by atoms with E-state index in [1.165, 1.54) is 4.90 Å². The number of fused-ring (bicyclic) bond motifs is 1. The van der Waals surface area contributed by atoms with Gasteiger partial charge in [0.05, 0.1) is 30.5 Å². The first-order chi connectivity index (χ1) is 14.7. The maximum atomic E-state index is 5.99. The Morgan fingerprint density at radius 3 is 2.43 bits per heavy atom. The molecule has 6 heteroatoms. The number of imidazole rings is 1. The van der Waals surface area contributed by atoms with E-state index >= 15 is 0 Å². The molecule has 1 heterocycles. The summed E-state index contributed by atoms with van der Waals surface area (Å²) in [4.78, 5) is 6.04. The molecule has 0 fully saturated rings. The van der Waals surface area contributed by atoms with Gasteiger partial charge in [-0.3, -0.25) is 0 Å². The molecule has 154 valence electrons. The zero-order valence-corrected chi connectivity index (χ0v) is 18.3. The Labute approximate surface area is 185 Å². The maximum Gasteiger partial charge on any atom is 0.120 e. The fraction of sp³-hybridized carbons (Fsp3) is 0.208. The molecule has 0 aliphatic rings. The van der Waals surface area contributed by atoms with E-state index in [0.29, 0.717) is 6.61 Å². The van der Waals surface area contributed by atoms with Gasteiger partial charge >= 0.3 is 0 Å². The van der Waals surface area contributed by atoms with Crippen LogP contribution >= 0.6 is 23.4 Å². The molecule has 0 amide bonds. The Kier molecular flexibility index (Phi) is 6.82. The monoisotopic (exact) mass is 438 g/mol. The van der Waals surface area contributed by atoms with Crippen molar-refractivity contribution in [2.45, 2.75) is 23.6 Å². The Morgan fingerprint density at radius 2 is 1.67 bits per heavy atom. The lowest BCUT2D eigenvalue weighted by molar-refractivity contribution is 0.301. The van der Waals surface area contributed by atoms with Gasteiger partial charge in [-0.25, -0.2) is 4.98 Å². The second-order valence-corrected chi connectivity index (χ2v) is 8.27. The number of aryl methyl sites for hydroxylation is 1. The number of hydrogen-bond donors (Lipinski definition) is 0. The predicted octanol–water partition coefficient (Wildman–Crippen LogP) is 6.46. The van der Waals surface area contributed by atoms with E-state index in [4.69, 9.17) is 26.1 Å². The third kappa shape index (κ3) is 5.10. The van der Waals surface area contributed by atoms with Crippen molar-refractivity contribution in [3.63, 3.8) is 0 Å². The minimum Gasteiger partial charge on any atom is -0.497 e. The third-order valence-electron chi connectivity index (χ3n) is 4.77. The summed E-state index contributed by atoms with van der Waals surface area (Å²) < 4.78 is 13.4. The standard InChI is InChI=1S/C24H23ClN2O2S/c1-28-19-9-11-20(12-10-19)29-16-4-15-27-23-6-3-2-5-22(23)26-24(27)17-30-21-13-7-18(25)8-14-21/h2-3,5-14H,4,15-17H2,1H3. The average molecular weight is 439 g/mol. The molecule has 4 aromatic rings. The molecule has 0 atom stereocenters. The van der Waals surface area contributed by atoms with Crippen molar-refractivity contribution in [3.8, 4) is 11.5 Å². The van der Waals surface area contributed by atoms with E-state index in [1.54, 1.807) is 18.9 Å². The second-order valence-electron chi connectivity index (χ2n) is 6.79. The highest BCUT2D eigenvalue weighted by Crippen LogP contribution is 2.26. The van der Waals surface area contributed by atoms with Crippen molar-refractivity contribution >= 4 is 34.4 Å². The topological polar surface area (TPSA) is 36.3 Å². The zero-order chi connectivity index (χ0) is 20.8. The van der Waals surface area contributed by atoms with Crippen molar-refractivity contribution in [3.05, 3.63) is 83.6 Å². The van der Waals surface area contributed by atoms with Gasteiger partial charge in [-0.05, 0) is 67.1 Å². The Balaban J connectivity index is 1.41. The quantitative estimate of drug-likeness (QED) is 0.222. The number of halogens is 1. The van der Waals surface area contributed by atoms with Crippen molar-refractivity contribution in [2.24, 2.45) is 0 Å². The van der Waals surface area contributed by atoms with Gasteiger partial charge in [0.2, 0.25) is 0 Å². The largest absolute Gasteiger partial charge is 0.497 e. The number of thioether (sulfide) groups is 1. The highest BCUT2D eigenvalue weighted by molar-refractivity contribution is 7.98. The number of methoxy groups -OCH3 is 1. The number of ether oxygens (including phenoxy) is 2. The van der Waals surface area contributed by atoms with Crippen LogP contribution in [0.25, 0.3) is 11.0 Å². The molecule has 4 nitrogen and oxygen atoms in total. The van der Waals surface area contributed by atoms with Crippen LogP contribution in [-0.2, 0) is 12.3 Å². The van der Waals surface area contributed by atoms with Crippen LogP contribution < -0.4 is 9.47 Å². The van der Waals surface area contributed by atoms with E-state index in [0.717, 1.165) is 52.1 Å². The summed E-state index contributed by atoms with van der Waals surface area (Å²) in [7, 11) is 1.66. The summed E-state index contributed by atoms with van der Waals surface area (Å²) in [5.41, 5.74) is 2.19. The number of rotatable bonds is 9.